The van der Waals surface area contributed by atoms with Crippen LogP contribution in [0.4, 0.5) is 0 Å². The lowest BCUT2D eigenvalue weighted by molar-refractivity contribution is 0.0984. The van der Waals surface area contributed by atoms with Crippen LogP contribution in [-0.2, 0) is 5.54 Å². The Bertz CT molecular complexity index is 476. The Morgan fingerprint density at radius 1 is 1.39 bits per heavy atom. The number of primary amides is 1. The third-order valence-corrected chi connectivity index (χ3v) is 3.31. The quantitative estimate of drug-likeness (QED) is 0.895. The molecule has 18 heavy (non-hydrogen) atoms. The van der Waals surface area contributed by atoms with Gasteiger partial charge in [-0.25, -0.2) is 4.98 Å². The van der Waals surface area contributed by atoms with Crippen LogP contribution in [0.5, 0.6) is 0 Å². The smallest absolute Gasteiger partial charge is 0.267 e. The van der Waals surface area contributed by atoms with Crippen molar-refractivity contribution in [2.75, 3.05) is 0 Å². The Hall–Kier alpha value is -1.32. The SMILES string of the molecule is CC(C)c1nc(C2CC2)c(C(N)=O)n1C(C)(C)C. The molecule has 0 aliphatic heterocycles. The molecule has 0 aromatic carbocycles. The first-order valence-corrected chi connectivity index (χ1v) is 6.66. The number of rotatable bonds is 3. The molecule has 1 saturated carbocycles. The molecule has 1 aromatic heterocycles. The van der Waals surface area contributed by atoms with E-state index in [4.69, 9.17) is 10.7 Å². The number of hydrogen-bond acceptors (Lipinski definition) is 2. The lowest BCUT2D eigenvalue weighted by Crippen LogP contribution is -2.30. The minimum atomic E-state index is -0.355. The summed E-state index contributed by atoms with van der Waals surface area (Å²) in [6.45, 7) is 10.5. The molecule has 0 radical (unpaired) electrons. The van der Waals surface area contributed by atoms with Crippen molar-refractivity contribution in [3.05, 3.63) is 17.2 Å². The summed E-state index contributed by atoms with van der Waals surface area (Å²) in [5.74, 6) is 1.34. The first-order chi connectivity index (χ1) is 8.23. The summed E-state index contributed by atoms with van der Waals surface area (Å²) in [5.41, 5.74) is 6.95. The van der Waals surface area contributed by atoms with Gasteiger partial charge in [0.25, 0.3) is 5.91 Å². The maximum absolute atomic E-state index is 11.8. The molecule has 0 bridgehead atoms. The highest BCUT2D eigenvalue weighted by Gasteiger charge is 2.36. The van der Waals surface area contributed by atoms with Crippen LogP contribution in [0, 0.1) is 0 Å². The molecule has 4 nitrogen and oxygen atoms in total. The minimum Gasteiger partial charge on any atom is -0.364 e. The van der Waals surface area contributed by atoms with E-state index in [0.717, 1.165) is 24.4 Å². The van der Waals surface area contributed by atoms with Crippen molar-refractivity contribution in [3.8, 4) is 0 Å². The minimum absolute atomic E-state index is 0.176. The zero-order valence-corrected chi connectivity index (χ0v) is 11.9. The zero-order valence-electron chi connectivity index (χ0n) is 11.9. The van der Waals surface area contributed by atoms with Crippen LogP contribution < -0.4 is 5.73 Å². The molecule has 0 unspecified atom stereocenters. The van der Waals surface area contributed by atoms with Gasteiger partial charge in [-0.15, -0.1) is 0 Å². The van der Waals surface area contributed by atoms with Crippen LogP contribution >= 0.6 is 0 Å². The van der Waals surface area contributed by atoms with Crippen LogP contribution in [0.3, 0.4) is 0 Å². The lowest BCUT2D eigenvalue weighted by atomic mass is 10.1. The van der Waals surface area contributed by atoms with E-state index >= 15 is 0 Å². The fraction of sp³-hybridized carbons (Fsp3) is 0.714. The van der Waals surface area contributed by atoms with Gasteiger partial charge < -0.3 is 10.3 Å². The van der Waals surface area contributed by atoms with Crippen molar-refractivity contribution < 1.29 is 4.79 Å². The Morgan fingerprint density at radius 3 is 2.28 bits per heavy atom. The molecule has 1 aliphatic carbocycles. The summed E-state index contributed by atoms with van der Waals surface area (Å²) in [6.07, 6.45) is 2.25. The highest BCUT2D eigenvalue weighted by atomic mass is 16.1. The van der Waals surface area contributed by atoms with Crippen molar-refractivity contribution in [2.24, 2.45) is 5.73 Å². The zero-order chi connectivity index (χ0) is 13.7. The van der Waals surface area contributed by atoms with Gasteiger partial charge in [-0.05, 0) is 33.6 Å². The van der Waals surface area contributed by atoms with E-state index in [-0.39, 0.29) is 17.4 Å². The molecule has 2 rings (SSSR count). The normalized spacial score (nSPS) is 16.3. The molecule has 4 heteroatoms. The van der Waals surface area contributed by atoms with Crippen molar-refractivity contribution in [2.45, 2.75) is 64.8 Å². The molecule has 1 aromatic rings. The van der Waals surface area contributed by atoms with Crippen molar-refractivity contribution in [3.63, 3.8) is 0 Å². The molecular formula is C14H23N3O. The average molecular weight is 249 g/mol. The third-order valence-electron chi connectivity index (χ3n) is 3.31. The summed E-state index contributed by atoms with van der Waals surface area (Å²) >= 11 is 0. The largest absolute Gasteiger partial charge is 0.364 e. The van der Waals surface area contributed by atoms with E-state index in [1.165, 1.54) is 0 Å². The molecule has 1 amide bonds. The fourth-order valence-corrected chi connectivity index (χ4v) is 2.40. The highest BCUT2D eigenvalue weighted by molar-refractivity contribution is 5.93. The van der Waals surface area contributed by atoms with Crippen molar-refractivity contribution >= 4 is 5.91 Å². The Kier molecular flexibility index (Phi) is 2.99. The van der Waals surface area contributed by atoms with Crippen LogP contribution in [-0.4, -0.2) is 15.5 Å². The van der Waals surface area contributed by atoms with Crippen LogP contribution in [0.1, 0.15) is 81.3 Å². The monoisotopic (exact) mass is 249 g/mol. The number of aromatic nitrogens is 2. The van der Waals surface area contributed by atoms with Gasteiger partial charge in [0, 0.05) is 17.4 Å². The standard InChI is InChI=1S/C14H23N3O/c1-8(2)13-16-10(9-6-7-9)11(12(15)18)17(13)14(3,4)5/h8-9H,6-7H2,1-5H3,(H2,15,18). The summed E-state index contributed by atoms with van der Waals surface area (Å²) in [4.78, 5) is 16.5. The van der Waals surface area contributed by atoms with Crippen LogP contribution in [0.25, 0.3) is 0 Å². The molecule has 0 atom stereocenters. The Balaban J connectivity index is 2.68. The van der Waals surface area contributed by atoms with Gasteiger partial charge in [0.15, 0.2) is 0 Å². The Morgan fingerprint density at radius 2 is 1.94 bits per heavy atom. The number of amides is 1. The molecule has 1 aliphatic rings. The van der Waals surface area contributed by atoms with Gasteiger partial charge in [-0.3, -0.25) is 4.79 Å². The molecule has 0 saturated heterocycles. The number of imidazole rings is 1. The molecule has 100 valence electrons. The number of carbonyl (C=O) groups excluding carboxylic acids is 1. The maximum atomic E-state index is 11.8. The summed E-state index contributed by atoms with van der Waals surface area (Å²) in [7, 11) is 0. The summed E-state index contributed by atoms with van der Waals surface area (Å²) < 4.78 is 2.04. The molecule has 2 N–H and O–H groups in total. The number of hydrogen-bond donors (Lipinski definition) is 1. The second-order valence-electron chi connectivity index (χ2n) is 6.50. The average Bonchev–Trinajstić information content (AvgIpc) is 2.94. The van der Waals surface area contributed by atoms with Crippen LogP contribution in [0.15, 0.2) is 0 Å². The Labute approximate surface area is 109 Å². The first kappa shape index (κ1) is 13.1. The van der Waals surface area contributed by atoms with Gasteiger partial charge in [-0.2, -0.15) is 0 Å². The van der Waals surface area contributed by atoms with E-state index in [1.807, 2.05) is 4.57 Å². The van der Waals surface area contributed by atoms with E-state index < -0.39 is 0 Å². The second-order valence-corrected chi connectivity index (χ2v) is 6.50. The first-order valence-electron chi connectivity index (χ1n) is 6.66. The van der Waals surface area contributed by atoms with Crippen molar-refractivity contribution in [1.82, 2.24) is 9.55 Å². The summed E-state index contributed by atoms with van der Waals surface area (Å²) in [5, 5.41) is 0. The van der Waals surface area contributed by atoms with Gasteiger partial charge in [-0.1, -0.05) is 13.8 Å². The van der Waals surface area contributed by atoms with E-state index in [0.29, 0.717) is 11.6 Å². The third kappa shape index (κ3) is 2.16. The maximum Gasteiger partial charge on any atom is 0.267 e. The van der Waals surface area contributed by atoms with Crippen molar-refractivity contribution in [1.29, 1.82) is 0 Å². The summed E-state index contributed by atoms with van der Waals surface area (Å²) in [6, 6.07) is 0. The van der Waals surface area contributed by atoms with Gasteiger partial charge in [0.05, 0.1) is 5.69 Å². The topological polar surface area (TPSA) is 60.9 Å². The van der Waals surface area contributed by atoms with Gasteiger partial charge in [0.1, 0.15) is 11.5 Å². The van der Waals surface area contributed by atoms with Gasteiger partial charge in [0.2, 0.25) is 0 Å². The van der Waals surface area contributed by atoms with E-state index in [1.54, 1.807) is 0 Å². The molecular weight excluding hydrogens is 226 g/mol. The van der Waals surface area contributed by atoms with E-state index in [2.05, 4.69) is 34.6 Å². The number of carbonyl (C=O) groups is 1. The fourth-order valence-electron chi connectivity index (χ4n) is 2.40. The van der Waals surface area contributed by atoms with Crippen LogP contribution in [0.2, 0.25) is 0 Å². The predicted molar refractivity (Wildman–Crippen MR) is 71.8 cm³/mol. The number of nitrogens with two attached hydrogens (primary N) is 1. The highest BCUT2D eigenvalue weighted by Crippen LogP contribution is 2.43. The predicted octanol–water partition coefficient (Wildman–Crippen LogP) is 2.74. The molecule has 1 fully saturated rings. The molecule has 0 spiro atoms. The lowest BCUT2D eigenvalue weighted by Gasteiger charge is -2.26. The number of nitrogens with zero attached hydrogens (tertiary/aromatic N) is 2. The molecule has 1 heterocycles. The van der Waals surface area contributed by atoms with E-state index in [9.17, 15) is 4.79 Å². The second kappa shape index (κ2) is 4.11. The van der Waals surface area contributed by atoms with Gasteiger partial charge >= 0.3 is 0 Å².